The van der Waals surface area contributed by atoms with Crippen LogP contribution in [0.15, 0.2) is 55.0 Å². The Morgan fingerprint density at radius 3 is 2.81 bits per heavy atom. The fourth-order valence-corrected chi connectivity index (χ4v) is 4.61. The molecule has 0 aromatic carbocycles. The maximum Gasteiger partial charge on any atom is 0.226 e. The summed E-state index contributed by atoms with van der Waals surface area (Å²) in [6, 6.07) is 10.6. The molecule has 6 rings (SSSR count). The summed E-state index contributed by atoms with van der Waals surface area (Å²) in [6.07, 6.45) is 4.94. The van der Waals surface area contributed by atoms with Gasteiger partial charge in [0.1, 0.15) is 5.52 Å². The van der Waals surface area contributed by atoms with Crippen molar-refractivity contribution in [1.82, 2.24) is 35.1 Å². The van der Waals surface area contributed by atoms with Gasteiger partial charge in [0.15, 0.2) is 22.3 Å². The van der Waals surface area contributed by atoms with Crippen molar-refractivity contribution in [2.24, 2.45) is 5.92 Å². The van der Waals surface area contributed by atoms with Crippen LogP contribution in [0.2, 0.25) is 0 Å². The molecule has 0 aliphatic heterocycles. The zero-order chi connectivity index (χ0) is 24.8. The first kappa shape index (κ1) is 22.0. The minimum Gasteiger partial charge on any atom is -0.335 e. The summed E-state index contributed by atoms with van der Waals surface area (Å²) in [5.74, 6) is 0.265. The highest BCUT2D eigenvalue weighted by atomic mass is 32.1. The molecule has 0 atom stereocenters. The van der Waals surface area contributed by atoms with E-state index in [2.05, 4.69) is 35.5 Å². The molecule has 11 heteroatoms. The number of rotatable bonds is 5. The lowest BCUT2D eigenvalue weighted by atomic mass is 10.1. The lowest BCUT2D eigenvalue weighted by Gasteiger charge is -2.08. The minimum atomic E-state index is -0.257. The van der Waals surface area contributed by atoms with Crippen molar-refractivity contribution in [2.45, 2.75) is 13.8 Å². The Morgan fingerprint density at radius 1 is 1.11 bits per heavy atom. The fraction of sp³-hybridized carbons (Fsp3) is 0.120. The van der Waals surface area contributed by atoms with E-state index < -0.39 is 0 Å². The minimum absolute atomic E-state index is 0.0855. The quantitative estimate of drug-likeness (QED) is 0.291. The molecule has 0 fully saturated rings. The van der Waals surface area contributed by atoms with Gasteiger partial charge in [-0.1, -0.05) is 13.8 Å². The van der Waals surface area contributed by atoms with Crippen molar-refractivity contribution in [3.63, 3.8) is 0 Å². The van der Waals surface area contributed by atoms with E-state index in [-0.39, 0.29) is 17.0 Å². The zero-order valence-corrected chi connectivity index (χ0v) is 20.0. The summed E-state index contributed by atoms with van der Waals surface area (Å²) in [4.78, 5) is 34.2. The van der Waals surface area contributed by atoms with Crippen molar-refractivity contribution in [1.29, 1.82) is 0 Å². The van der Waals surface area contributed by atoms with Crippen LogP contribution in [0.1, 0.15) is 13.8 Å². The highest BCUT2D eigenvalue weighted by Crippen LogP contribution is 2.34. The normalized spacial score (nSPS) is 11.6. The van der Waals surface area contributed by atoms with Gasteiger partial charge in [0.05, 0.1) is 28.6 Å². The van der Waals surface area contributed by atoms with Gasteiger partial charge >= 0.3 is 0 Å². The number of nitrogens with one attached hydrogen (secondary N) is 3. The van der Waals surface area contributed by atoms with Crippen molar-refractivity contribution in [3.05, 3.63) is 60.1 Å². The van der Waals surface area contributed by atoms with Gasteiger partial charge in [0, 0.05) is 34.3 Å². The Bertz CT molecular complexity index is 1750. The largest absolute Gasteiger partial charge is 0.335 e. The predicted octanol–water partition coefficient (Wildman–Crippen LogP) is 5.42. The van der Waals surface area contributed by atoms with Crippen LogP contribution in [-0.4, -0.2) is 41.0 Å². The average molecular weight is 499 g/mol. The molecular formula is C25H19FN8OS. The smallest absolute Gasteiger partial charge is 0.226 e. The molecule has 6 heterocycles. The molecule has 0 saturated heterocycles. The Kier molecular flexibility index (Phi) is 5.26. The molecule has 0 radical (unpaired) electrons. The third-order valence-corrected chi connectivity index (χ3v) is 6.60. The SMILES string of the molecule is CC(C)C(=O)Nc1cncc(-c2ccc3[nH]nc(-c4nc5nccc(-c6ccc(F)s6)c5[nH]4)c3n2)c1. The summed E-state index contributed by atoms with van der Waals surface area (Å²) in [5.41, 5.74) is 5.91. The van der Waals surface area contributed by atoms with Crippen LogP contribution in [-0.2, 0) is 4.79 Å². The molecule has 3 N–H and O–H groups in total. The number of H-pyrrole nitrogens is 2. The van der Waals surface area contributed by atoms with E-state index in [4.69, 9.17) is 4.98 Å². The van der Waals surface area contributed by atoms with Crippen molar-refractivity contribution >= 4 is 45.1 Å². The number of hydrogen-bond acceptors (Lipinski definition) is 7. The number of anilines is 1. The van der Waals surface area contributed by atoms with Gasteiger partial charge in [0.25, 0.3) is 0 Å². The maximum absolute atomic E-state index is 13.6. The van der Waals surface area contributed by atoms with E-state index >= 15 is 0 Å². The fourth-order valence-electron chi connectivity index (χ4n) is 3.85. The van der Waals surface area contributed by atoms with Gasteiger partial charge in [0.2, 0.25) is 5.91 Å². The van der Waals surface area contributed by atoms with Crippen molar-refractivity contribution in [3.8, 4) is 33.2 Å². The Balaban J connectivity index is 1.41. The number of carbonyl (C=O) groups excluding carboxylic acids is 1. The molecule has 0 saturated carbocycles. The van der Waals surface area contributed by atoms with Crippen LogP contribution < -0.4 is 5.32 Å². The second-order valence-corrected chi connectivity index (χ2v) is 9.55. The number of carbonyl (C=O) groups is 1. The van der Waals surface area contributed by atoms with Crippen LogP contribution in [0.25, 0.3) is 55.4 Å². The number of hydrogen-bond donors (Lipinski definition) is 3. The first-order valence-electron chi connectivity index (χ1n) is 11.2. The summed E-state index contributed by atoms with van der Waals surface area (Å²) in [7, 11) is 0. The van der Waals surface area contributed by atoms with Crippen LogP contribution in [0.5, 0.6) is 0 Å². The number of aromatic nitrogens is 7. The van der Waals surface area contributed by atoms with Gasteiger partial charge < -0.3 is 10.3 Å². The summed E-state index contributed by atoms with van der Waals surface area (Å²) in [6.45, 7) is 3.66. The predicted molar refractivity (Wildman–Crippen MR) is 137 cm³/mol. The molecule has 0 bridgehead atoms. The van der Waals surface area contributed by atoms with Crippen LogP contribution in [0.3, 0.4) is 0 Å². The number of nitrogens with zero attached hydrogens (tertiary/aromatic N) is 5. The number of fused-ring (bicyclic) bond motifs is 2. The van der Waals surface area contributed by atoms with Gasteiger partial charge in [-0.25, -0.2) is 15.0 Å². The highest BCUT2D eigenvalue weighted by molar-refractivity contribution is 7.14. The molecular weight excluding hydrogens is 479 g/mol. The molecule has 0 unspecified atom stereocenters. The highest BCUT2D eigenvalue weighted by Gasteiger charge is 2.18. The molecule has 1 amide bonds. The van der Waals surface area contributed by atoms with Gasteiger partial charge in [-0.2, -0.15) is 9.49 Å². The molecule has 0 aliphatic rings. The second-order valence-electron chi connectivity index (χ2n) is 8.52. The van der Waals surface area contributed by atoms with E-state index in [0.717, 1.165) is 32.9 Å². The van der Waals surface area contributed by atoms with E-state index in [0.29, 0.717) is 39.6 Å². The number of aromatic amines is 2. The lowest BCUT2D eigenvalue weighted by Crippen LogP contribution is -2.17. The van der Waals surface area contributed by atoms with Gasteiger partial charge in [-0.05, 0) is 36.4 Å². The molecule has 9 nitrogen and oxygen atoms in total. The topological polar surface area (TPSA) is 125 Å². The van der Waals surface area contributed by atoms with E-state index in [1.54, 1.807) is 24.7 Å². The number of thiophene rings is 1. The zero-order valence-electron chi connectivity index (χ0n) is 19.2. The van der Waals surface area contributed by atoms with E-state index in [1.807, 2.05) is 38.1 Å². The number of pyridine rings is 3. The number of amides is 1. The average Bonchev–Trinajstić information content (AvgIpc) is 3.61. The first-order chi connectivity index (χ1) is 17.5. The maximum atomic E-state index is 13.6. The van der Waals surface area contributed by atoms with Gasteiger partial charge in [-0.3, -0.25) is 14.9 Å². The Hall–Kier alpha value is -4.51. The first-order valence-corrected chi connectivity index (χ1v) is 12.0. The van der Waals surface area contributed by atoms with Crippen LogP contribution >= 0.6 is 11.3 Å². The molecule has 0 spiro atoms. The Morgan fingerprint density at radius 2 is 2.00 bits per heavy atom. The van der Waals surface area contributed by atoms with Crippen molar-refractivity contribution in [2.75, 3.05) is 5.32 Å². The molecule has 6 aromatic rings. The van der Waals surface area contributed by atoms with Crippen molar-refractivity contribution < 1.29 is 9.18 Å². The molecule has 36 heavy (non-hydrogen) atoms. The standard InChI is InChI=1S/C25H19FN8OS/c1-12(2)25(35)29-14-9-13(10-27-11-14)16-3-4-17-21(30-16)22(34-33-17)24-31-20-15(7-8-28-23(20)32-24)18-5-6-19(26)36-18/h3-12H,1-2H3,(H,29,35)(H,33,34)(H,28,31,32). The lowest BCUT2D eigenvalue weighted by molar-refractivity contribution is -0.118. The Labute approximate surface area is 207 Å². The summed E-state index contributed by atoms with van der Waals surface area (Å²) < 4.78 is 13.6. The number of halogens is 1. The van der Waals surface area contributed by atoms with E-state index in [9.17, 15) is 9.18 Å². The second kappa shape index (κ2) is 8.61. The number of imidazole rings is 1. The van der Waals surface area contributed by atoms with Gasteiger partial charge in [-0.15, -0.1) is 11.3 Å². The van der Waals surface area contributed by atoms with Crippen LogP contribution in [0.4, 0.5) is 10.1 Å². The molecule has 6 aromatic heterocycles. The monoisotopic (exact) mass is 498 g/mol. The third-order valence-electron chi connectivity index (χ3n) is 5.69. The third kappa shape index (κ3) is 3.89. The molecule has 178 valence electrons. The summed E-state index contributed by atoms with van der Waals surface area (Å²) in [5, 5.41) is 10.0. The van der Waals surface area contributed by atoms with E-state index in [1.165, 1.54) is 6.07 Å². The molecule has 0 aliphatic carbocycles. The van der Waals surface area contributed by atoms with Crippen LogP contribution in [0, 0.1) is 11.0 Å². The summed E-state index contributed by atoms with van der Waals surface area (Å²) >= 11 is 1.06.